The molecule has 0 saturated carbocycles. The summed E-state index contributed by atoms with van der Waals surface area (Å²) < 4.78 is 11.3. The summed E-state index contributed by atoms with van der Waals surface area (Å²) in [5.74, 6) is 1.45. The summed E-state index contributed by atoms with van der Waals surface area (Å²) in [7, 11) is 1.63. The summed E-state index contributed by atoms with van der Waals surface area (Å²) in [6.45, 7) is 2.65. The van der Waals surface area contributed by atoms with Crippen LogP contribution in [0.5, 0.6) is 5.75 Å². The number of benzene rings is 1. The highest BCUT2D eigenvalue weighted by molar-refractivity contribution is 9.10. The molecule has 118 valence electrons. The molecule has 1 heterocycles. The zero-order valence-electron chi connectivity index (χ0n) is 12.6. The van der Waals surface area contributed by atoms with Crippen LogP contribution >= 0.6 is 15.9 Å². The zero-order chi connectivity index (χ0) is 15.9. The van der Waals surface area contributed by atoms with Crippen LogP contribution in [-0.4, -0.2) is 19.6 Å². The molecule has 1 aromatic carbocycles. The van der Waals surface area contributed by atoms with Crippen LogP contribution in [0.15, 0.2) is 45.5 Å². The zero-order valence-corrected chi connectivity index (χ0v) is 14.1. The minimum Gasteiger partial charge on any atom is -0.496 e. The molecule has 22 heavy (non-hydrogen) atoms. The van der Waals surface area contributed by atoms with Gasteiger partial charge in [0.1, 0.15) is 11.5 Å². The van der Waals surface area contributed by atoms with Gasteiger partial charge in [0.05, 0.1) is 30.9 Å². The summed E-state index contributed by atoms with van der Waals surface area (Å²) in [6, 6.07) is 9.53. The highest BCUT2D eigenvalue weighted by Crippen LogP contribution is 2.27. The largest absolute Gasteiger partial charge is 0.496 e. The second kappa shape index (κ2) is 8.00. The molecule has 1 atom stereocenters. The molecule has 0 bridgehead atoms. The number of amides is 1. The molecular weight excluding hydrogens is 348 g/mol. The maximum absolute atomic E-state index is 11.8. The number of hydrogen-bond donors (Lipinski definition) is 2. The first-order valence-electron chi connectivity index (χ1n) is 6.96. The van der Waals surface area contributed by atoms with Gasteiger partial charge in [-0.05, 0) is 52.7 Å². The number of carbonyl (C=O) groups is 1. The van der Waals surface area contributed by atoms with E-state index in [0.717, 1.165) is 21.5 Å². The number of rotatable bonds is 7. The number of furan rings is 1. The summed E-state index contributed by atoms with van der Waals surface area (Å²) in [5.41, 5.74) is 1.08. The fourth-order valence-corrected chi connectivity index (χ4v) is 2.54. The van der Waals surface area contributed by atoms with Crippen molar-refractivity contribution in [3.05, 3.63) is 52.4 Å². The number of halogens is 1. The summed E-state index contributed by atoms with van der Waals surface area (Å²) in [6.07, 6.45) is 1.59. The van der Waals surface area contributed by atoms with E-state index in [4.69, 9.17) is 9.15 Å². The van der Waals surface area contributed by atoms with E-state index < -0.39 is 0 Å². The third-order valence-corrected chi connectivity index (χ3v) is 3.90. The van der Waals surface area contributed by atoms with Crippen LogP contribution in [-0.2, 0) is 11.3 Å². The normalized spacial score (nSPS) is 12.0. The van der Waals surface area contributed by atoms with Gasteiger partial charge in [-0.2, -0.15) is 0 Å². The van der Waals surface area contributed by atoms with E-state index in [1.807, 2.05) is 31.2 Å². The first kappa shape index (κ1) is 16.6. The van der Waals surface area contributed by atoms with E-state index in [0.29, 0.717) is 6.54 Å². The van der Waals surface area contributed by atoms with Crippen LogP contribution in [0.1, 0.15) is 24.3 Å². The van der Waals surface area contributed by atoms with Crippen LogP contribution < -0.4 is 15.4 Å². The molecule has 2 N–H and O–H groups in total. The van der Waals surface area contributed by atoms with Crippen LogP contribution in [0, 0.1) is 0 Å². The summed E-state index contributed by atoms with van der Waals surface area (Å²) in [5, 5.41) is 5.99. The Kier molecular flexibility index (Phi) is 6.03. The number of hydrogen-bond acceptors (Lipinski definition) is 4. The van der Waals surface area contributed by atoms with E-state index >= 15 is 0 Å². The van der Waals surface area contributed by atoms with Gasteiger partial charge in [0, 0.05) is 6.04 Å². The van der Waals surface area contributed by atoms with E-state index in [1.54, 1.807) is 19.4 Å². The molecule has 1 amide bonds. The number of ether oxygens (including phenoxy) is 1. The lowest BCUT2D eigenvalue weighted by atomic mass is 10.1. The molecule has 0 aliphatic carbocycles. The molecule has 0 aliphatic rings. The molecule has 2 rings (SSSR count). The Balaban J connectivity index is 1.80. The SMILES string of the molecule is COc1ccc([C@H](C)NCC(=O)NCc2ccco2)cc1Br. The van der Waals surface area contributed by atoms with E-state index in [9.17, 15) is 4.79 Å². The highest BCUT2D eigenvalue weighted by Gasteiger charge is 2.10. The third kappa shape index (κ3) is 4.61. The Hall–Kier alpha value is -1.79. The van der Waals surface area contributed by atoms with Gasteiger partial charge >= 0.3 is 0 Å². The lowest BCUT2D eigenvalue weighted by Crippen LogP contribution is -2.34. The van der Waals surface area contributed by atoms with E-state index in [2.05, 4.69) is 26.6 Å². The standard InChI is InChI=1S/C16H19BrN2O3/c1-11(12-5-6-15(21-2)14(17)8-12)18-10-16(20)19-9-13-4-3-7-22-13/h3-8,11,18H,9-10H2,1-2H3,(H,19,20)/t11-/m0/s1. The van der Waals surface area contributed by atoms with Crippen molar-refractivity contribution in [2.24, 2.45) is 0 Å². The van der Waals surface area contributed by atoms with E-state index in [-0.39, 0.29) is 18.5 Å². The number of nitrogens with one attached hydrogen (secondary N) is 2. The maximum atomic E-state index is 11.8. The van der Waals surface area contributed by atoms with Gasteiger partial charge in [-0.15, -0.1) is 0 Å². The molecule has 5 nitrogen and oxygen atoms in total. The predicted molar refractivity (Wildman–Crippen MR) is 87.7 cm³/mol. The average Bonchev–Trinajstić information content (AvgIpc) is 3.03. The molecule has 0 spiro atoms. The number of carbonyl (C=O) groups excluding carboxylic acids is 1. The lowest BCUT2D eigenvalue weighted by Gasteiger charge is -2.15. The van der Waals surface area contributed by atoms with Crippen molar-refractivity contribution < 1.29 is 13.9 Å². The van der Waals surface area contributed by atoms with Gasteiger partial charge in [0.15, 0.2) is 0 Å². The summed E-state index contributed by atoms with van der Waals surface area (Å²) in [4.78, 5) is 11.8. The molecule has 0 unspecified atom stereocenters. The van der Waals surface area contributed by atoms with Gasteiger partial charge < -0.3 is 19.8 Å². The first-order valence-corrected chi connectivity index (χ1v) is 7.75. The Morgan fingerprint density at radius 1 is 1.41 bits per heavy atom. The second-order valence-electron chi connectivity index (χ2n) is 4.85. The van der Waals surface area contributed by atoms with Crippen LogP contribution in [0.25, 0.3) is 0 Å². The second-order valence-corrected chi connectivity index (χ2v) is 5.71. The molecule has 0 saturated heterocycles. The third-order valence-electron chi connectivity index (χ3n) is 3.28. The van der Waals surface area contributed by atoms with Gasteiger partial charge in [-0.1, -0.05) is 6.07 Å². The monoisotopic (exact) mass is 366 g/mol. The van der Waals surface area contributed by atoms with Crippen molar-refractivity contribution in [1.29, 1.82) is 0 Å². The molecule has 0 aliphatic heterocycles. The smallest absolute Gasteiger partial charge is 0.234 e. The Labute approximate surface area is 138 Å². The Morgan fingerprint density at radius 2 is 2.23 bits per heavy atom. The van der Waals surface area contributed by atoms with Crippen molar-refractivity contribution in [3.8, 4) is 5.75 Å². The molecule has 0 radical (unpaired) electrons. The van der Waals surface area contributed by atoms with Crippen LogP contribution in [0.3, 0.4) is 0 Å². The first-order chi connectivity index (χ1) is 10.6. The van der Waals surface area contributed by atoms with Crippen LogP contribution in [0.4, 0.5) is 0 Å². The maximum Gasteiger partial charge on any atom is 0.234 e. The quantitative estimate of drug-likeness (QED) is 0.790. The van der Waals surface area contributed by atoms with Gasteiger partial charge in [0.2, 0.25) is 5.91 Å². The lowest BCUT2D eigenvalue weighted by molar-refractivity contribution is -0.120. The van der Waals surface area contributed by atoms with Crippen molar-refractivity contribution in [3.63, 3.8) is 0 Å². The molecular formula is C16H19BrN2O3. The van der Waals surface area contributed by atoms with Gasteiger partial charge in [0.25, 0.3) is 0 Å². The minimum absolute atomic E-state index is 0.0524. The van der Waals surface area contributed by atoms with Crippen molar-refractivity contribution in [2.75, 3.05) is 13.7 Å². The molecule has 6 heteroatoms. The Morgan fingerprint density at radius 3 is 2.86 bits per heavy atom. The van der Waals surface area contributed by atoms with Gasteiger partial charge in [-0.3, -0.25) is 4.79 Å². The topological polar surface area (TPSA) is 63.5 Å². The fraction of sp³-hybridized carbons (Fsp3) is 0.312. The molecule has 1 aromatic heterocycles. The van der Waals surface area contributed by atoms with Crippen molar-refractivity contribution in [1.82, 2.24) is 10.6 Å². The number of methoxy groups -OCH3 is 1. The average molecular weight is 367 g/mol. The molecule has 2 aromatic rings. The Bertz CT molecular complexity index is 614. The molecule has 0 fully saturated rings. The fourth-order valence-electron chi connectivity index (χ4n) is 1.98. The van der Waals surface area contributed by atoms with Crippen LogP contribution in [0.2, 0.25) is 0 Å². The van der Waals surface area contributed by atoms with E-state index in [1.165, 1.54) is 0 Å². The summed E-state index contributed by atoms with van der Waals surface area (Å²) >= 11 is 3.46. The van der Waals surface area contributed by atoms with Crippen molar-refractivity contribution >= 4 is 21.8 Å². The van der Waals surface area contributed by atoms with Gasteiger partial charge in [-0.25, -0.2) is 0 Å². The van der Waals surface area contributed by atoms with Crippen molar-refractivity contribution in [2.45, 2.75) is 19.5 Å². The highest BCUT2D eigenvalue weighted by atomic mass is 79.9. The predicted octanol–water partition coefficient (Wildman–Crippen LogP) is 3.02. The minimum atomic E-state index is -0.0733.